The van der Waals surface area contributed by atoms with Crippen LogP contribution in [0.2, 0.25) is 0 Å². The Hall–Kier alpha value is -3.57. The Morgan fingerprint density at radius 1 is 1.24 bits per heavy atom. The van der Waals surface area contributed by atoms with Gasteiger partial charge in [0.1, 0.15) is 48.0 Å². The highest BCUT2D eigenvalue weighted by atomic mass is 31.2. The highest BCUT2D eigenvalue weighted by Gasteiger charge is 2.58. The van der Waals surface area contributed by atoms with Crippen LogP contribution in [0.1, 0.15) is 58.2 Å². The lowest BCUT2D eigenvalue weighted by atomic mass is 9.86. The van der Waals surface area contributed by atoms with Crippen molar-refractivity contribution >= 4 is 25.1 Å². The van der Waals surface area contributed by atoms with E-state index in [1.165, 1.54) is 23.8 Å². The van der Waals surface area contributed by atoms with E-state index in [1.54, 1.807) is 18.2 Å². The number of benzene rings is 1. The van der Waals surface area contributed by atoms with Crippen molar-refractivity contribution in [3.05, 3.63) is 54.0 Å². The predicted octanol–water partition coefficient (Wildman–Crippen LogP) is 2.97. The predicted molar refractivity (Wildman–Crippen MR) is 162 cm³/mol. The number of carbonyl (C=O) groups excluding carboxylic acids is 1. The van der Waals surface area contributed by atoms with Crippen molar-refractivity contribution in [2.75, 3.05) is 18.9 Å². The van der Waals surface area contributed by atoms with Gasteiger partial charge < -0.3 is 29.9 Å². The zero-order chi connectivity index (χ0) is 32.6. The Kier molecular flexibility index (Phi) is 9.24. The third-order valence-electron chi connectivity index (χ3n) is 8.23. The van der Waals surface area contributed by atoms with E-state index in [0.717, 1.165) is 24.8 Å². The summed E-state index contributed by atoms with van der Waals surface area (Å²) in [5.74, 6) is 0.0208. The molecule has 6 atom stereocenters. The minimum absolute atomic E-state index is 0.0995. The molecule has 1 saturated carbocycles. The maximum absolute atomic E-state index is 14.1. The Morgan fingerprint density at radius 3 is 2.58 bits per heavy atom. The van der Waals surface area contributed by atoms with Gasteiger partial charge in [0.15, 0.2) is 5.82 Å². The molecule has 1 aliphatic carbocycles. The van der Waals surface area contributed by atoms with E-state index in [-0.39, 0.29) is 29.3 Å². The molecule has 1 aliphatic heterocycles. The van der Waals surface area contributed by atoms with Crippen molar-refractivity contribution < 1.29 is 38.1 Å². The number of aromatic nitrogens is 3. The van der Waals surface area contributed by atoms with Crippen LogP contribution >= 0.6 is 7.75 Å². The molecule has 15 heteroatoms. The fourth-order valence-corrected chi connectivity index (χ4v) is 6.74. The third kappa shape index (κ3) is 6.70. The summed E-state index contributed by atoms with van der Waals surface area (Å²) >= 11 is 0. The molecule has 1 aromatic carbocycles. The number of fused-ring (bicyclic) bond motifs is 1. The van der Waals surface area contributed by atoms with Gasteiger partial charge in [0.25, 0.3) is 0 Å². The summed E-state index contributed by atoms with van der Waals surface area (Å²) in [7, 11) is -4.35. The first-order valence-electron chi connectivity index (χ1n) is 14.8. The quantitative estimate of drug-likeness (QED) is 0.176. The van der Waals surface area contributed by atoms with Crippen molar-refractivity contribution in [2.45, 2.75) is 82.3 Å². The Morgan fingerprint density at radius 2 is 1.96 bits per heavy atom. The Labute approximate surface area is 261 Å². The van der Waals surface area contributed by atoms with Gasteiger partial charge in [-0.25, -0.2) is 14.1 Å². The van der Waals surface area contributed by atoms with Gasteiger partial charge in [-0.15, -0.1) is 0 Å². The number of nitrogens with two attached hydrogens (primary N) is 1. The first-order chi connectivity index (χ1) is 21.3. The number of nitrogen functional groups attached to an aromatic ring is 1. The zero-order valence-electron chi connectivity index (χ0n) is 25.6. The second-order valence-electron chi connectivity index (χ2n) is 12.5. The highest BCUT2D eigenvalue weighted by Crippen LogP contribution is 2.47. The summed E-state index contributed by atoms with van der Waals surface area (Å²) in [6.07, 6.45) is -0.469. The second-order valence-corrected chi connectivity index (χ2v) is 14.2. The molecule has 0 radical (unpaired) electrons. The van der Waals surface area contributed by atoms with Gasteiger partial charge in [-0.3, -0.25) is 9.32 Å². The SMILES string of the molecule is C[C@H](NP(=O)(OCC1O[C@@](C#N)(c2ccc3c(N)ncnn23)[C@H](O)[C@@H]1O)Oc1ccc(C(C)(C)C)cc1)C(=O)OCC1CCC1. The normalized spacial score (nSPS) is 25.7. The Bertz CT molecular complexity index is 1620. The molecule has 3 heterocycles. The molecule has 45 heavy (non-hydrogen) atoms. The fraction of sp³-hybridized carbons (Fsp3) is 0.533. The minimum atomic E-state index is -4.35. The molecule has 0 bridgehead atoms. The molecule has 0 amide bonds. The molecule has 14 nitrogen and oxygen atoms in total. The van der Waals surface area contributed by atoms with Crippen LogP contribution in [0.15, 0.2) is 42.7 Å². The molecule has 3 aromatic rings. The van der Waals surface area contributed by atoms with Crippen LogP contribution in [-0.4, -0.2) is 68.3 Å². The second kappa shape index (κ2) is 12.7. The van der Waals surface area contributed by atoms with Crippen LogP contribution in [0.25, 0.3) is 5.52 Å². The maximum atomic E-state index is 14.1. The van der Waals surface area contributed by atoms with E-state index in [0.29, 0.717) is 11.4 Å². The number of rotatable bonds is 11. The molecule has 1 saturated heterocycles. The van der Waals surface area contributed by atoms with E-state index in [9.17, 15) is 24.8 Å². The molecule has 5 rings (SSSR count). The van der Waals surface area contributed by atoms with E-state index >= 15 is 0 Å². The molecule has 242 valence electrons. The number of nitrogens with zero attached hydrogens (tertiary/aromatic N) is 4. The summed E-state index contributed by atoms with van der Waals surface area (Å²) < 4.78 is 38.3. The Balaban J connectivity index is 1.36. The molecule has 2 unspecified atom stereocenters. The van der Waals surface area contributed by atoms with E-state index in [4.69, 9.17) is 24.3 Å². The van der Waals surface area contributed by atoms with Crippen LogP contribution in [0, 0.1) is 17.2 Å². The topological polar surface area (TPSA) is 204 Å². The van der Waals surface area contributed by atoms with Crippen molar-refractivity contribution in [1.82, 2.24) is 19.7 Å². The van der Waals surface area contributed by atoms with Gasteiger partial charge in [-0.2, -0.15) is 15.4 Å². The molecular weight excluding hydrogens is 603 g/mol. The molecule has 0 spiro atoms. The number of hydrogen-bond acceptors (Lipinski definition) is 12. The number of esters is 1. The zero-order valence-corrected chi connectivity index (χ0v) is 26.5. The summed E-state index contributed by atoms with van der Waals surface area (Å²) in [4.78, 5) is 16.7. The number of carbonyl (C=O) groups is 1. The summed E-state index contributed by atoms with van der Waals surface area (Å²) in [6.45, 7) is 7.31. The van der Waals surface area contributed by atoms with Crippen LogP contribution in [0.4, 0.5) is 5.82 Å². The number of aliphatic hydroxyl groups is 2. The van der Waals surface area contributed by atoms with Crippen molar-refractivity contribution in [3.63, 3.8) is 0 Å². The van der Waals surface area contributed by atoms with Gasteiger partial charge in [0, 0.05) is 0 Å². The number of nitriles is 1. The largest absolute Gasteiger partial charge is 0.464 e. The minimum Gasteiger partial charge on any atom is -0.464 e. The van der Waals surface area contributed by atoms with Crippen LogP contribution in [0.5, 0.6) is 5.75 Å². The number of hydrogen-bond donors (Lipinski definition) is 4. The van der Waals surface area contributed by atoms with Gasteiger partial charge in [0.05, 0.1) is 18.9 Å². The number of nitrogens with one attached hydrogen (secondary N) is 1. The first-order valence-corrected chi connectivity index (χ1v) is 16.3. The molecule has 2 aliphatic rings. The maximum Gasteiger partial charge on any atom is 0.459 e. The summed E-state index contributed by atoms with van der Waals surface area (Å²) in [5.41, 5.74) is 5.18. The van der Waals surface area contributed by atoms with Crippen molar-refractivity contribution in [1.29, 1.82) is 5.26 Å². The van der Waals surface area contributed by atoms with Crippen LogP contribution in [-0.2, 0) is 34.4 Å². The van der Waals surface area contributed by atoms with Crippen molar-refractivity contribution in [2.24, 2.45) is 5.92 Å². The molecule has 5 N–H and O–H groups in total. The number of anilines is 1. The van der Waals surface area contributed by atoms with Crippen molar-refractivity contribution in [3.8, 4) is 11.8 Å². The van der Waals surface area contributed by atoms with Crippen LogP contribution < -0.4 is 15.3 Å². The van der Waals surface area contributed by atoms with Gasteiger partial charge in [0.2, 0.25) is 5.60 Å². The van der Waals surface area contributed by atoms with Gasteiger partial charge in [-0.1, -0.05) is 39.3 Å². The highest BCUT2D eigenvalue weighted by molar-refractivity contribution is 7.52. The fourth-order valence-electron chi connectivity index (χ4n) is 5.24. The third-order valence-corrected chi connectivity index (χ3v) is 9.88. The first kappa shape index (κ1) is 32.8. The molecule has 2 fully saturated rings. The van der Waals surface area contributed by atoms with E-state index in [1.807, 2.05) is 18.2 Å². The lowest BCUT2D eigenvalue weighted by Crippen LogP contribution is -2.41. The lowest BCUT2D eigenvalue weighted by molar-refractivity contribution is -0.147. The lowest BCUT2D eigenvalue weighted by Gasteiger charge is -2.27. The van der Waals surface area contributed by atoms with Crippen LogP contribution in [0.3, 0.4) is 0 Å². The summed E-state index contributed by atoms with van der Waals surface area (Å²) in [5, 5.41) is 39.0. The van der Waals surface area contributed by atoms with E-state index < -0.39 is 50.3 Å². The summed E-state index contributed by atoms with van der Waals surface area (Å²) in [6, 6.07) is 10.8. The number of ether oxygens (including phenoxy) is 2. The standard InChI is InChI=1S/C30H39N6O8P/c1-18(28(39)41-14-19-6-5-7-19)35-45(40,44-21-10-8-20(9-11-21)29(2,3)4)42-15-23-25(37)26(38)30(16-31,43-23)24-13-12-22-27(32)33-17-34-36(22)24/h8-13,17-19,23,25-26,37-38H,5-7,14-15H2,1-4H3,(H,35,40)(H2,32,33,34)/t18-,23?,25+,26+,30-,45?/m0/s1. The smallest absolute Gasteiger partial charge is 0.459 e. The number of aliphatic hydroxyl groups excluding tert-OH is 2. The van der Waals surface area contributed by atoms with Gasteiger partial charge >= 0.3 is 13.7 Å². The monoisotopic (exact) mass is 642 g/mol. The van der Waals surface area contributed by atoms with Gasteiger partial charge in [-0.05, 0) is 60.9 Å². The average Bonchev–Trinajstić information content (AvgIpc) is 3.51. The van der Waals surface area contributed by atoms with E-state index in [2.05, 4.69) is 35.9 Å². The molecular formula is C30H39N6O8P. The average molecular weight is 643 g/mol. The molecule has 2 aromatic heterocycles.